The second-order valence-corrected chi connectivity index (χ2v) is 3.28. The molecule has 2 amide bonds. The number of amides is 2. The average Bonchev–Trinajstić information content (AvgIpc) is 2.26. The SMILES string of the molecule is C/C=C/NC(=O)NCCc1cccc(F)c1. The van der Waals surface area contributed by atoms with Crippen LogP contribution in [0, 0.1) is 5.82 Å². The van der Waals surface area contributed by atoms with Gasteiger partial charge in [-0.2, -0.15) is 0 Å². The van der Waals surface area contributed by atoms with Crippen LogP contribution in [-0.4, -0.2) is 12.6 Å². The fourth-order valence-corrected chi connectivity index (χ4v) is 1.22. The number of hydrogen-bond acceptors (Lipinski definition) is 1. The van der Waals surface area contributed by atoms with Crippen LogP contribution in [-0.2, 0) is 6.42 Å². The van der Waals surface area contributed by atoms with E-state index in [1.54, 1.807) is 18.3 Å². The summed E-state index contributed by atoms with van der Waals surface area (Å²) < 4.78 is 12.8. The third-order valence-corrected chi connectivity index (χ3v) is 1.97. The van der Waals surface area contributed by atoms with Crippen molar-refractivity contribution in [3.63, 3.8) is 0 Å². The van der Waals surface area contributed by atoms with E-state index in [0.717, 1.165) is 5.56 Å². The smallest absolute Gasteiger partial charge is 0.318 e. The van der Waals surface area contributed by atoms with Crippen LogP contribution >= 0.6 is 0 Å². The molecule has 0 aliphatic heterocycles. The molecule has 86 valence electrons. The first kappa shape index (κ1) is 12.2. The van der Waals surface area contributed by atoms with Crippen molar-refractivity contribution >= 4 is 6.03 Å². The Bertz CT molecular complexity index is 377. The minimum absolute atomic E-state index is 0.254. The fraction of sp³-hybridized carbons (Fsp3) is 0.250. The zero-order valence-electron chi connectivity index (χ0n) is 9.16. The van der Waals surface area contributed by atoms with Gasteiger partial charge in [-0.05, 0) is 31.0 Å². The van der Waals surface area contributed by atoms with Crippen LogP contribution in [0.2, 0.25) is 0 Å². The normalized spacial score (nSPS) is 10.4. The third kappa shape index (κ3) is 4.59. The molecule has 0 aliphatic rings. The van der Waals surface area contributed by atoms with Crippen LogP contribution in [0.4, 0.5) is 9.18 Å². The minimum Gasteiger partial charge on any atom is -0.338 e. The van der Waals surface area contributed by atoms with Crippen LogP contribution in [0.1, 0.15) is 12.5 Å². The highest BCUT2D eigenvalue weighted by Gasteiger charge is 1.98. The van der Waals surface area contributed by atoms with Gasteiger partial charge in [0.2, 0.25) is 0 Å². The molecule has 0 atom stereocenters. The molecule has 0 saturated heterocycles. The van der Waals surface area contributed by atoms with Gasteiger partial charge in [-0.3, -0.25) is 0 Å². The third-order valence-electron chi connectivity index (χ3n) is 1.97. The quantitative estimate of drug-likeness (QED) is 0.805. The van der Waals surface area contributed by atoms with Gasteiger partial charge < -0.3 is 10.6 Å². The van der Waals surface area contributed by atoms with Gasteiger partial charge >= 0.3 is 6.03 Å². The monoisotopic (exact) mass is 222 g/mol. The molecule has 1 rings (SSSR count). The highest BCUT2D eigenvalue weighted by Crippen LogP contribution is 2.03. The van der Waals surface area contributed by atoms with Crippen LogP contribution in [0.15, 0.2) is 36.5 Å². The molecule has 0 aliphatic carbocycles. The van der Waals surface area contributed by atoms with Crippen molar-refractivity contribution in [2.75, 3.05) is 6.54 Å². The number of benzene rings is 1. The van der Waals surface area contributed by atoms with Crippen molar-refractivity contribution in [1.29, 1.82) is 0 Å². The highest BCUT2D eigenvalue weighted by molar-refractivity contribution is 5.74. The lowest BCUT2D eigenvalue weighted by Crippen LogP contribution is -2.33. The molecule has 0 unspecified atom stereocenters. The van der Waals surface area contributed by atoms with Gasteiger partial charge in [0.15, 0.2) is 0 Å². The van der Waals surface area contributed by atoms with Crippen LogP contribution in [0.5, 0.6) is 0 Å². The van der Waals surface area contributed by atoms with E-state index in [1.165, 1.54) is 12.1 Å². The van der Waals surface area contributed by atoms with E-state index in [2.05, 4.69) is 10.6 Å². The summed E-state index contributed by atoms with van der Waals surface area (Å²) >= 11 is 0. The Kier molecular flexibility index (Phi) is 5.05. The summed E-state index contributed by atoms with van der Waals surface area (Å²) in [6, 6.07) is 6.09. The number of halogens is 1. The molecule has 0 saturated carbocycles. The zero-order valence-corrected chi connectivity index (χ0v) is 9.16. The van der Waals surface area contributed by atoms with E-state index in [0.29, 0.717) is 13.0 Å². The number of allylic oxidation sites excluding steroid dienone is 1. The van der Waals surface area contributed by atoms with Gasteiger partial charge in [0, 0.05) is 12.7 Å². The molecule has 0 bridgehead atoms. The minimum atomic E-state index is -0.255. The molecular weight excluding hydrogens is 207 g/mol. The Morgan fingerprint density at radius 3 is 3.00 bits per heavy atom. The van der Waals surface area contributed by atoms with E-state index < -0.39 is 0 Å². The summed E-state index contributed by atoms with van der Waals surface area (Å²) in [5, 5.41) is 5.19. The van der Waals surface area contributed by atoms with Crippen LogP contribution < -0.4 is 10.6 Å². The summed E-state index contributed by atoms with van der Waals surface area (Å²) in [6.45, 7) is 2.29. The Hall–Kier alpha value is -1.84. The number of carbonyl (C=O) groups is 1. The number of nitrogens with one attached hydrogen (secondary N) is 2. The summed E-state index contributed by atoms with van der Waals surface area (Å²) in [6.07, 6.45) is 3.89. The Morgan fingerprint density at radius 2 is 2.31 bits per heavy atom. The first-order valence-electron chi connectivity index (χ1n) is 5.12. The zero-order chi connectivity index (χ0) is 11.8. The standard InChI is InChI=1S/C12H15FN2O/c1-2-7-14-12(16)15-8-6-10-4-3-5-11(13)9-10/h2-5,7,9H,6,8H2,1H3,(H2,14,15,16)/b7-2+. The molecule has 1 aromatic rings. The number of urea groups is 1. The highest BCUT2D eigenvalue weighted by atomic mass is 19.1. The maximum atomic E-state index is 12.8. The molecule has 3 nitrogen and oxygen atoms in total. The maximum absolute atomic E-state index is 12.8. The lowest BCUT2D eigenvalue weighted by atomic mass is 10.1. The summed E-state index contributed by atoms with van der Waals surface area (Å²) in [7, 11) is 0. The number of hydrogen-bond donors (Lipinski definition) is 2. The summed E-state index contributed by atoms with van der Waals surface area (Å²) in [5.41, 5.74) is 0.867. The molecule has 0 spiro atoms. The molecule has 4 heteroatoms. The van der Waals surface area contributed by atoms with Crippen molar-refractivity contribution in [2.24, 2.45) is 0 Å². The topological polar surface area (TPSA) is 41.1 Å². The Balaban J connectivity index is 2.28. The molecule has 0 aromatic heterocycles. The summed E-state index contributed by atoms with van der Waals surface area (Å²) in [5.74, 6) is -0.254. The van der Waals surface area contributed by atoms with Crippen molar-refractivity contribution in [1.82, 2.24) is 10.6 Å². The van der Waals surface area contributed by atoms with Crippen molar-refractivity contribution < 1.29 is 9.18 Å². The van der Waals surface area contributed by atoms with E-state index in [9.17, 15) is 9.18 Å². The predicted molar refractivity (Wildman–Crippen MR) is 61.5 cm³/mol. The Morgan fingerprint density at radius 1 is 1.50 bits per heavy atom. The van der Waals surface area contributed by atoms with Gasteiger partial charge in [0.05, 0.1) is 0 Å². The lowest BCUT2D eigenvalue weighted by Gasteiger charge is -2.04. The molecule has 2 N–H and O–H groups in total. The van der Waals surface area contributed by atoms with Crippen molar-refractivity contribution in [2.45, 2.75) is 13.3 Å². The van der Waals surface area contributed by atoms with Gasteiger partial charge in [-0.1, -0.05) is 18.2 Å². The fourth-order valence-electron chi connectivity index (χ4n) is 1.22. The van der Waals surface area contributed by atoms with Gasteiger partial charge in [-0.15, -0.1) is 0 Å². The van der Waals surface area contributed by atoms with E-state index in [1.807, 2.05) is 13.0 Å². The lowest BCUT2D eigenvalue weighted by molar-refractivity contribution is 0.244. The average molecular weight is 222 g/mol. The number of carbonyl (C=O) groups excluding carboxylic acids is 1. The van der Waals surface area contributed by atoms with E-state index in [-0.39, 0.29) is 11.8 Å². The largest absolute Gasteiger partial charge is 0.338 e. The molecule has 1 aromatic carbocycles. The Labute approximate surface area is 94.4 Å². The van der Waals surface area contributed by atoms with Crippen LogP contribution in [0.3, 0.4) is 0 Å². The van der Waals surface area contributed by atoms with Gasteiger partial charge in [0.25, 0.3) is 0 Å². The molecule has 0 fully saturated rings. The van der Waals surface area contributed by atoms with Gasteiger partial charge in [0.1, 0.15) is 5.82 Å². The second-order valence-electron chi connectivity index (χ2n) is 3.28. The first-order valence-corrected chi connectivity index (χ1v) is 5.12. The predicted octanol–water partition coefficient (Wildman–Crippen LogP) is 2.20. The van der Waals surface area contributed by atoms with E-state index >= 15 is 0 Å². The molecular formula is C12H15FN2O. The molecule has 0 radical (unpaired) electrons. The maximum Gasteiger partial charge on any atom is 0.318 e. The van der Waals surface area contributed by atoms with E-state index in [4.69, 9.17) is 0 Å². The molecule has 16 heavy (non-hydrogen) atoms. The summed E-state index contributed by atoms with van der Waals surface area (Å²) in [4.78, 5) is 11.1. The molecule has 0 heterocycles. The first-order chi connectivity index (χ1) is 7.72. The van der Waals surface area contributed by atoms with Gasteiger partial charge in [-0.25, -0.2) is 9.18 Å². The number of rotatable bonds is 4. The van der Waals surface area contributed by atoms with Crippen molar-refractivity contribution in [3.05, 3.63) is 47.9 Å². The second kappa shape index (κ2) is 6.61. The van der Waals surface area contributed by atoms with Crippen LogP contribution in [0.25, 0.3) is 0 Å². The van der Waals surface area contributed by atoms with Crippen molar-refractivity contribution in [3.8, 4) is 0 Å².